The standard InChI is InChI=1S/C44H50F5N9O5S/c45-64(46,47,48,49)40-6-4-5-34(51-40)41(60)52-36-21-29-26-57(54-35(29)23-38(36)56-17-2-1-3-18-56)31-10-7-28(8-11-31)25-55-19-15-27(16-20-55)24-50-30-9-12-32-33(22-30)44(63)58(43(32)62)37-13-14-39(59)53-42(37)61/h4-6,9,12,21-23,26-28,31,37,50H,1-3,7-8,10-11,13-20,24-25H2,(H,52,60)(H,53,59,61)/t28-,31-,37?. The molecule has 5 amide bonds. The minimum atomic E-state index is -10.1. The van der Waals surface area contributed by atoms with Gasteiger partial charge in [0.05, 0.1) is 34.1 Å². The number of amides is 5. The number of nitrogens with zero attached hydrogens (tertiary/aromatic N) is 6. The molecule has 1 atom stereocenters. The third-order valence-electron chi connectivity index (χ3n) is 13.4. The van der Waals surface area contributed by atoms with Crippen LogP contribution in [-0.4, -0.2) is 99.4 Å². The number of rotatable bonds is 11. The summed E-state index contributed by atoms with van der Waals surface area (Å²) in [5, 5.41) is 11.7. The number of fused-ring (bicyclic) bond motifs is 2. The van der Waals surface area contributed by atoms with Crippen molar-refractivity contribution in [2.75, 3.05) is 54.8 Å². The van der Waals surface area contributed by atoms with Gasteiger partial charge < -0.3 is 20.4 Å². The minimum absolute atomic E-state index is 0.0655. The van der Waals surface area contributed by atoms with E-state index in [0.29, 0.717) is 36.3 Å². The lowest BCUT2D eigenvalue weighted by Crippen LogP contribution is -2.54. The smallest absolute Gasteiger partial charge is 0.325 e. The highest BCUT2D eigenvalue weighted by atomic mass is 32.5. The van der Waals surface area contributed by atoms with Crippen LogP contribution in [0.5, 0.6) is 0 Å². The van der Waals surface area contributed by atoms with E-state index in [1.54, 1.807) is 24.3 Å². The zero-order valence-electron chi connectivity index (χ0n) is 35.0. The maximum absolute atomic E-state index is 13.5. The Kier molecular flexibility index (Phi) is 11.0. The molecule has 6 heterocycles. The quantitative estimate of drug-likeness (QED) is 0.0987. The fraction of sp³-hybridized carbons (Fsp3) is 0.477. The maximum atomic E-state index is 13.5. The van der Waals surface area contributed by atoms with Crippen molar-refractivity contribution < 1.29 is 43.4 Å². The third-order valence-corrected chi connectivity index (χ3v) is 14.4. The Morgan fingerprint density at radius 3 is 2.25 bits per heavy atom. The number of likely N-dealkylation sites (tertiary alicyclic amines) is 1. The van der Waals surface area contributed by atoms with Crippen molar-refractivity contribution in [3.8, 4) is 0 Å². The normalized spacial score (nSPS) is 23.7. The molecule has 2 aromatic heterocycles. The van der Waals surface area contributed by atoms with Gasteiger partial charge in [0.25, 0.3) is 17.7 Å². The molecule has 4 aromatic rings. The van der Waals surface area contributed by atoms with E-state index in [1.165, 1.54) is 0 Å². The van der Waals surface area contributed by atoms with Crippen LogP contribution in [-0.2, 0) is 9.59 Å². The Morgan fingerprint density at radius 1 is 0.797 bits per heavy atom. The number of hydrogen-bond acceptors (Lipinski definition) is 10. The number of hydrogen-bond donors (Lipinski definition) is 3. The summed E-state index contributed by atoms with van der Waals surface area (Å²) in [6, 6.07) is 9.76. The van der Waals surface area contributed by atoms with Gasteiger partial charge in [0.2, 0.25) is 11.8 Å². The first kappa shape index (κ1) is 43.6. The van der Waals surface area contributed by atoms with Gasteiger partial charge in [-0.05, 0) is 132 Å². The summed E-state index contributed by atoms with van der Waals surface area (Å²) >= 11 is 0. The average molecular weight is 912 g/mol. The van der Waals surface area contributed by atoms with Gasteiger partial charge in [0, 0.05) is 49.9 Å². The SMILES string of the molecule is O=C1CCC(N2C(=O)c3ccc(NCC4CCN(C[C@H]5CC[C@H](n6cc7cc(NC(=O)c8cccc(S(F)(F)(F)(F)F)n8)c(N8CCCCC8)cc7n6)CC5)CC4)cc3C2=O)C(=O)N1. The molecule has 0 spiro atoms. The van der Waals surface area contributed by atoms with Crippen LogP contribution in [0.1, 0.15) is 108 Å². The molecular formula is C44H50F5N9O5S. The van der Waals surface area contributed by atoms with E-state index in [9.17, 15) is 43.4 Å². The topological polar surface area (TPSA) is 162 Å². The fourth-order valence-electron chi connectivity index (χ4n) is 9.88. The monoisotopic (exact) mass is 911 g/mol. The minimum Gasteiger partial charge on any atom is -0.385 e. The van der Waals surface area contributed by atoms with Crippen molar-refractivity contribution in [2.45, 2.75) is 87.7 Å². The van der Waals surface area contributed by atoms with E-state index < -0.39 is 56.5 Å². The average Bonchev–Trinajstić information content (AvgIpc) is 3.79. The van der Waals surface area contributed by atoms with Gasteiger partial charge in [-0.3, -0.25) is 38.9 Å². The molecule has 20 heteroatoms. The number of anilines is 3. The predicted octanol–water partition coefficient (Wildman–Crippen LogP) is 8.29. The lowest BCUT2D eigenvalue weighted by Gasteiger charge is -2.39. The molecule has 4 aliphatic heterocycles. The van der Waals surface area contributed by atoms with Crippen molar-refractivity contribution in [1.82, 2.24) is 29.9 Å². The molecule has 5 aliphatic rings. The molecule has 1 aliphatic carbocycles. The predicted molar refractivity (Wildman–Crippen MR) is 231 cm³/mol. The molecule has 1 saturated carbocycles. The molecule has 64 heavy (non-hydrogen) atoms. The number of carbonyl (C=O) groups is 5. The van der Waals surface area contributed by atoms with E-state index >= 15 is 0 Å². The number of halogens is 5. The van der Waals surface area contributed by atoms with Crippen LogP contribution in [0.4, 0.5) is 36.5 Å². The van der Waals surface area contributed by atoms with Crippen molar-refractivity contribution in [2.24, 2.45) is 11.8 Å². The second kappa shape index (κ2) is 16.1. The molecule has 2 aromatic carbocycles. The van der Waals surface area contributed by atoms with E-state index in [4.69, 9.17) is 5.10 Å². The molecule has 4 fully saturated rings. The Balaban J connectivity index is 0.775. The number of imide groups is 2. The van der Waals surface area contributed by atoms with E-state index in [0.717, 1.165) is 118 Å². The highest BCUT2D eigenvalue weighted by molar-refractivity contribution is 8.45. The summed E-state index contributed by atoms with van der Waals surface area (Å²) in [6.07, 6.45) is 11.0. The number of aromatic nitrogens is 3. The lowest BCUT2D eigenvalue weighted by molar-refractivity contribution is -0.136. The van der Waals surface area contributed by atoms with Crippen LogP contribution in [0.15, 0.2) is 59.8 Å². The Labute approximate surface area is 366 Å². The number of piperidine rings is 3. The number of nitrogens with one attached hydrogen (secondary N) is 3. The summed E-state index contributed by atoms with van der Waals surface area (Å²) in [6.45, 7) is 5.11. The van der Waals surface area contributed by atoms with Gasteiger partial charge >= 0.3 is 10.2 Å². The summed E-state index contributed by atoms with van der Waals surface area (Å²) in [4.78, 5) is 72.2. The molecule has 1 unspecified atom stereocenters. The molecule has 342 valence electrons. The largest absolute Gasteiger partial charge is 0.385 e. The van der Waals surface area contributed by atoms with Crippen LogP contribution in [0, 0.1) is 11.8 Å². The summed E-state index contributed by atoms with van der Waals surface area (Å²) in [5.41, 5.74) is 2.19. The maximum Gasteiger partial charge on any atom is 0.325 e. The first-order chi connectivity index (χ1) is 30.4. The highest BCUT2D eigenvalue weighted by Gasteiger charge is 2.67. The Hall–Kier alpha value is -5.63. The lowest BCUT2D eigenvalue weighted by atomic mass is 9.85. The van der Waals surface area contributed by atoms with Crippen LogP contribution in [0.3, 0.4) is 0 Å². The zero-order valence-corrected chi connectivity index (χ0v) is 35.9. The Morgan fingerprint density at radius 2 is 1.53 bits per heavy atom. The number of pyridine rings is 1. The summed E-state index contributed by atoms with van der Waals surface area (Å²) < 4.78 is 69.6. The Bertz CT molecular complexity index is 2540. The van der Waals surface area contributed by atoms with E-state index in [2.05, 4.69) is 30.7 Å². The van der Waals surface area contributed by atoms with Gasteiger partial charge in [-0.15, -0.1) is 0 Å². The van der Waals surface area contributed by atoms with E-state index in [1.807, 2.05) is 16.9 Å². The molecule has 14 nitrogen and oxygen atoms in total. The fourth-order valence-corrected chi connectivity index (χ4v) is 10.5. The van der Waals surface area contributed by atoms with Crippen molar-refractivity contribution in [3.63, 3.8) is 0 Å². The third kappa shape index (κ3) is 9.16. The van der Waals surface area contributed by atoms with Crippen LogP contribution in [0.25, 0.3) is 10.9 Å². The first-order valence-corrected chi connectivity index (χ1v) is 23.9. The molecular weight excluding hydrogens is 862 g/mol. The molecule has 3 N–H and O–H groups in total. The number of benzene rings is 2. The summed E-state index contributed by atoms with van der Waals surface area (Å²) in [7, 11) is -10.1. The molecule has 0 radical (unpaired) electrons. The second-order valence-corrected chi connectivity index (χ2v) is 20.2. The van der Waals surface area contributed by atoms with E-state index in [-0.39, 0.29) is 36.1 Å². The first-order valence-electron chi connectivity index (χ1n) is 22.0. The van der Waals surface area contributed by atoms with Crippen LogP contribution < -0.4 is 20.9 Å². The van der Waals surface area contributed by atoms with Crippen molar-refractivity contribution in [1.29, 1.82) is 0 Å². The molecule has 0 bridgehead atoms. The second-order valence-electron chi connectivity index (χ2n) is 17.9. The van der Waals surface area contributed by atoms with Gasteiger partial charge in [0.15, 0.2) is 5.03 Å². The number of carbonyl (C=O) groups excluding carboxylic acids is 5. The highest BCUT2D eigenvalue weighted by Crippen LogP contribution is 3.01. The van der Waals surface area contributed by atoms with Crippen molar-refractivity contribution >= 4 is 67.7 Å². The van der Waals surface area contributed by atoms with Crippen LogP contribution in [0.2, 0.25) is 0 Å². The summed E-state index contributed by atoms with van der Waals surface area (Å²) in [5.74, 6) is -2.16. The van der Waals surface area contributed by atoms with Gasteiger partial charge in [0.1, 0.15) is 11.7 Å². The molecule has 9 rings (SSSR count). The zero-order chi connectivity index (χ0) is 45.0. The van der Waals surface area contributed by atoms with Gasteiger partial charge in [-0.1, -0.05) is 25.5 Å². The van der Waals surface area contributed by atoms with Crippen LogP contribution >= 0.6 is 10.2 Å². The van der Waals surface area contributed by atoms with Gasteiger partial charge in [-0.2, -0.15) is 5.10 Å². The molecule has 3 saturated heterocycles. The van der Waals surface area contributed by atoms with Gasteiger partial charge in [-0.25, -0.2) is 4.98 Å². The van der Waals surface area contributed by atoms with Crippen molar-refractivity contribution in [3.05, 3.63) is 71.5 Å².